The van der Waals surface area contributed by atoms with Crippen LogP contribution in [0.15, 0.2) is 85.1 Å². The fourth-order valence-corrected chi connectivity index (χ4v) is 3.84. The lowest BCUT2D eigenvalue weighted by Crippen LogP contribution is -2.47. The molecule has 1 aliphatic rings. The number of carbonyl (C=O) groups excluding carboxylic acids is 2. The summed E-state index contributed by atoms with van der Waals surface area (Å²) in [6.45, 7) is 2.76. The molecule has 1 unspecified atom stereocenters. The maximum Gasteiger partial charge on any atom is 0.328 e. The van der Waals surface area contributed by atoms with Crippen molar-refractivity contribution in [2.75, 3.05) is 13.6 Å². The molecule has 6 nitrogen and oxygen atoms in total. The molecule has 1 rings (SSSR count). The normalized spacial score (nSPS) is 16.8. The molecule has 1 N–H and O–H groups in total. The van der Waals surface area contributed by atoms with Crippen LogP contribution in [0.5, 0.6) is 0 Å². The van der Waals surface area contributed by atoms with Crippen molar-refractivity contribution in [1.82, 2.24) is 9.80 Å². The molecule has 1 aliphatic heterocycles. The highest BCUT2D eigenvalue weighted by Gasteiger charge is 2.32. The van der Waals surface area contributed by atoms with Gasteiger partial charge in [0.2, 0.25) is 11.8 Å². The number of allylic oxidation sites excluding steroid dienone is 12. The Balaban J connectivity index is 2.19. The molecular weight excluding hydrogens is 464 g/mol. The maximum absolute atomic E-state index is 12.6. The molecular formula is C31H44N2O4. The van der Waals surface area contributed by atoms with E-state index < -0.39 is 11.9 Å². The zero-order valence-electron chi connectivity index (χ0n) is 22.5. The molecule has 1 saturated heterocycles. The van der Waals surface area contributed by atoms with Crippen molar-refractivity contribution < 1.29 is 19.5 Å². The van der Waals surface area contributed by atoms with Gasteiger partial charge in [-0.3, -0.25) is 9.59 Å². The summed E-state index contributed by atoms with van der Waals surface area (Å²) >= 11 is 0. The largest absolute Gasteiger partial charge is 0.478 e. The Morgan fingerprint density at radius 2 is 1.27 bits per heavy atom. The fourth-order valence-electron chi connectivity index (χ4n) is 3.84. The van der Waals surface area contributed by atoms with Crippen molar-refractivity contribution in [3.8, 4) is 0 Å². The van der Waals surface area contributed by atoms with E-state index in [4.69, 9.17) is 5.11 Å². The van der Waals surface area contributed by atoms with E-state index in [1.807, 2.05) is 6.08 Å². The van der Waals surface area contributed by atoms with Crippen LogP contribution in [0.1, 0.15) is 71.1 Å². The second kappa shape index (κ2) is 20.7. The quantitative estimate of drug-likeness (QED) is 0.179. The van der Waals surface area contributed by atoms with E-state index in [0.29, 0.717) is 25.8 Å². The number of likely N-dealkylation sites (N-methyl/N-ethyl adjacent to an activating group) is 1. The van der Waals surface area contributed by atoms with Crippen molar-refractivity contribution in [2.24, 2.45) is 0 Å². The Hall–Kier alpha value is -3.41. The number of hydrogen-bond acceptors (Lipinski definition) is 3. The molecule has 2 amide bonds. The van der Waals surface area contributed by atoms with Gasteiger partial charge >= 0.3 is 5.97 Å². The molecule has 0 aromatic heterocycles. The minimum Gasteiger partial charge on any atom is -0.478 e. The predicted molar refractivity (Wildman–Crippen MR) is 152 cm³/mol. The van der Waals surface area contributed by atoms with E-state index in [1.165, 1.54) is 4.90 Å². The van der Waals surface area contributed by atoms with Crippen molar-refractivity contribution in [3.63, 3.8) is 0 Å². The number of rotatable bonds is 17. The molecule has 1 fully saturated rings. The molecule has 202 valence electrons. The molecule has 0 aromatic carbocycles. The van der Waals surface area contributed by atoms with Crippen LogP contribution in [0, 0.1) is 0 Å². The number of carboxylic acids is 1. The third-order valence-electron chi connectivity index (χ3n) is 5.83. The highest BCUT2D eigenvalue weighted by Crippen LogP contribution is 2.21. The van der Waals surface area contributed by atoms with E-state index in [2.05, 4.69) is 73.8 Å². The third-order valence-corrected chi connectivity index (χ3v) is 5.83. The molecule has 0 spiro atoms. The summed E-state index contributed by atoms with van der Waals surface area (Å²) in [5.74, 6) is -1.56. The zero-order valence-corrected chi connectivity index (χ0v) is 22.5. The number of likely N-dealkylation sites (tertiary alicyclic amines) is 1. The van der Waals surface area contributed by atoms with Gasteiger partial charge in [0, 0.05) is 32.2 Å². The van der Waals surface area contributed by atoms with Crippen molar-refractivity contribution in [2.45, 2.75) is 77.3 Å². The monoisotopic (exact) mass is 508 g/mol. The summed E-state index contributed by atoms with van der Waals surface area (Å²) in [6.07, 6.45) is 35.7. The summed E-state index contributed by atoms with van der Waals surface area (Å²) in [7, 11) is 1.61. The van der Waals surface area contributed by atoms with Crippen LogP contribution in [0.3, 0.4) is 0 Å². The van der Waals surface area contributed by atoms with Gasteiger partial charge in [-0.2, -0.15) is 0 Å². The predicted octanol–water partition coefficient (Wildman–Crippen LogP) is 6.51. The fraction of sp³-hybridized carbons (Fsp3) is 0.452. The van der Waals surface area contributed by atoms with E-state index >= 15 is 0 Å². The Bertz CT molecular complexity index is 893. The second-order valence-corrected chi connectivity index (χ2v) is 8.78. The highest BCUT2D eigenvalue weighted by molar-refractivity contribution is 5.94. The lowest BCUT2D eigenvalue weighted by Gasteiger charge is -2.32. The number of carboxylic acid groups (broad SMARTS) is 1. The first-order valence-electron chi connectivity index (χ1n) is 13.3. The van der Waals surface area contributed by atoms with Gasteiger partial charge in [-0.05, 0) is 57.8 Å². The molecule has 0 radical (unpaired) electrons. The summed E-state index contributed by atoms with van der Waals surface area (Å²) in [5, 5.41) is 8.69. The molecule has 1 atom stereocenters. The number of carbonyl (C=O) groups is 3. The topological polar surface area (TPSA) is 77.9 Å². The van der Waals surface area contributed by atoms with Gasteiger partial charge in [0.05, 0.1) is 0 Å². The zero-order chi connectivity index (χ0) is 27.1. The van der Waals surface area contributed by atoms with Crippen LogP contribution in [-0.2, 0) is 14.4 Å². The lowest BCUT2D eigenvalue weighted by molar-refractivity contribution is -0.140. The Labute approximate surface area is 223 Å². The van der Waals surface area contributed by atoms with Crippen LogP contribution < -0.4 is 0 Å². The first kappa shape index (κ1) is 31.6. The summed E-state index contributed by atoms with van der Waals surface area (Å²) in [5.41, 5.74) is 0. The van der Waals surface area contributed by atoms with Crippen LogP contribution in [-0.4, -0.2) is 52.4 Å². The van der Waals surface area contributed by atoms with Crippen LogP contribution in [0.25, 0.3) is 0 Å². The Kier molecular flexibility index (Phi) is 17.7. The minimum atomic E-state index is -1.17. The highest BCUT2D eigenvalue weighted by atomic mass is 16.4. The number of hydrogen-bond donors (Lipinski definition) is 1. The summed E-state index contributed by atoms with van der Waals surface area (Å²) < 4.78 is 0. The minimum absolute atomic E-state index is 0.0175. The van der Waals surface area contributed by atoms with Gasteiger partial charge in [-0.15, -0.1) is 0 Å². The van der Waals surface area contributed by atoms with E-state index in [9.17, 15) is 14.4 Å². The van der Waals surface area contributed by atoms with Gasteiger partial charge in [-0.1, -0.05) is 79.8 Å². The number of nitrogens with zero attached hydrogens (tertiary/aromatic N) is 2. The van der Waals surface area contributed by atoms with Gasteiger partial charge < -0.3 is 14.9 Å². The average molecular weight is 509 g/mol. The van der Waals surface area contributed by atoms with E-state index in [0.717, 1.165) is 57.1 Å². The third kappa shape index (κ3) is 15.3. The van der Waals surface area contributed by atoms with Gasteiger partial charge in [0.25, 0.3) is 0 Å². The number of amides is 2. The Morgan fingerprint density at radius 3 is 1.76 bits per heavy atom. The van der Waals surface area contributed by atoms with Crippen molar-refractivity contribution >= 4 is 17.8 Å². The SMILES string of the molecule is CCC=CCC=CCC=CCC=CCC=CCC=CCCC(=O)N1CCCC1N(C)C(=O)C=CC(=O)O. The van der Waals surface area contributed by atoms with Crippen molar-refractivity contribution in [1.29, 1.82) is 0 Å². The molecule has 1 heterocycles. The van der Waals surface area contributed by atoms with Gasteiger partial charge in [0.15, 0.2) is 0 Å². The molecule has 37 heavy (non-hydrogen) atoms. The van der Waals surface area contributed by atoms with Crippen LogP contribution in [0.4, 0.5) is 0 Å². The molecule has 0 saturated carbocycles. The maximum atomic E-state index is 12.6. The summed E-state index contributed by atoms with van der Waals surface area (Å²) in [4.78, 5) is 38.6. The molecule has 6 heteroatoms. The first-order valence-corrected chi connectivity index (χ1v) is 13.3. The average Bonchev–Trinajstić information content (AvgIpc) is 3.38. The first-order chi connectivity index (χ1) is 18.0. The van der Waals surface area contributed by atoms with Gasteiger partial charge in [-0.25, -0.2) is 4.79 Å². The van der Waals surface area contributed by atoms with Gasteiger partial charge in [0.1, 0.15) is 6.17 Å². The molecule has 0 bridgehead atoms. The standard InChI is InChI=1S/C31H44N2O4/c1-3-4-5-6-7-8-9-10-11-12-13-14-15-16-17-18-19-20-21-24-30(35)33-27-22-23-28(33)32(2)29(34)25-26-31(36)37/h4-5,7-8,10-11,13-14,16-17,19-20,25-26,28H,3,6,9,12,15,18,21-24,27H2,1-2H3,(H,36,37). The van der Waals surface area contributed by atoms with Crippen LogP contribution in [0.2, 0.25) is 0 Å². The van der Waals surface area contributed by atoms with Crippen molar-refractivity contribution in [3.05, 3.63) is 85.1 Å². The van der Waals surface area contributed by atoms with Crippen LogP contribution >= 0.6 is 0 Å². The van der Waals surface area contributed by atoms with E-state index in [-0.39, 0.29) is 12.1 Å². The van der Waals surface area contributed by atoms with E-state index in [1.54, 1.807) is 11.9 Å². The molecule has 0 aromatic rings. The second-order valence-electron chi connectivity index (χ2n) is 8.78. The molecule has 0 aliphatic carbocycles. The lowest BCUT2D eigenvalue weighted by atomic mass is 10.2. The summed E-state index contributed by atoms with van der Waals surface area (Å²) in [6, 6.07) is 0. The Morgan fingerprint density at radius 1 is 0.784 bits per heavy atom. The smallest absolute Gasteiger partial charge is 0.328 e. The number of aliphatic carboxylic acids is 1.